The van der Waals surface area contributed by atoms with Crippen molar-refractivity contribution in [2.45, 2.75) is 38.6 Å². The van der Waals surface area contributed by atoms with E-state index in [-0.39, 0.29) is 29.0 Å². The lowest BCUT2D eigenvalue weighted by molar-refractivity contribution is -0.384. The number of nitrogens with zero attached hydrogens (tertiary/aromatic N) is 1. The minimum Gasteiger partial charge on any atom is -0.349 e. The number of ketones is 1. The van der Waals surface area contributed by atoms with Crippen LogP contribution in [-0.4, -0.2) is 22.7 Å². The van der Waals surface area contributed by atoms with E-state index < -0.39 is 4.92 Å². The summed E-state index contributed by atoms with van der Waals surface area (Å²) in [6, 6.07) is 4.29. The van der Waals surface area contributed by atoms with Crippen LogP contribution in [-0.2, 0) is 4.79 Å². The summed E-state index contributed by atoms with van der Waals surface area (Å²) in [5, 5.41) is 13.6. The van der Waals surface area contributed by atoms with Gasteiger partial charge >= 0.3 is 0 Å². The molecular weight excluding hydrogens is 260 g/mol. The Morgan fingerprint density at radius 2 is 1.95 bits per heavy atom. The highest BCUT2D eigenvalue weighted by molar-refractivity contribution is 5.95. The highest BCUT2D eigenvalue weighted by Crippen LogP contribution is 2.19. The molecule has 1 aromatic rings. The molecule has 0 saturated heterocycles. The van der Waals surface area contributed by atoms with Crippen molar-refractivity contribution in [3.63, 3.8) is 0 Å². The number of nitro groups is 1. The predicted octanol–water partition coefficient (Wildman–Crippen LogP) is 2.14. The summed E-state index contributed by atoms with van der Waals surface area (Å²) in [7, 11) is 0. The maximum atomic E-state index is 12.1. The van der Waals surface area contributed by atoms with Crippen molar-refractivity contribution in [1.82, 2.24) is 5.32 Å². The lowest BCUT2D eigenvalue weighted by Crippen LogP contribution is -2.37. The second kappa shape index (κ2) is 5.81. The normalized spacial score (nSPS) is 15.9. The quantitative estimate of drug-likeness (QED) is 0.676. The second-order valence-electron chi connectivity index (χ2n) is 5.10. The number of hydrogen-bond acceptors (Lipinski definition) is 4. The summed E-state index contributed by atoms with van der Waals surface area (Å²) in [5.41, 5.74) is 0.866. The molecule has 1 aromatic carbocycles. The Morgan fingerprint density at radius 1 is 1.30 bits per heavy atom. The summed E-state index contributed by atoms with van der Waals surface area (Å²) in [4.78, 5) is 33.5. The number of nitro benzene ring substituents is 1. The number of aryl methyl sites for hydroxylation is 1. The predicted molar refractivity (Wildman–Crippen MR) is 72.6 cm³/mol. The van der Waals surface area contributed by atoms with E-state index in [0.29, 0.717) is 31.2 Å². The van der Waals surface area contributed by atoms with Gasteiger partial charge in [0.2, 0.25) is 0 Å². The van der Waals surface area contributed by atoms with Crippen LogP contribution in [0.1, 0.15) is 41.6 Å². The molecule has 1 fully saturated rings. The van der Waals surface area contributed by atoms with E-state index >= 15 is 0 Å². The molecule has 0 atom stereocenters. The summed E-state index contributed by atoms with van der Waals surface area (Å²) >= 11 is 0. The summed E-state index contributed by atoms with van der Waals surface area (Å²) < 4.78 is 0. The first-order valence-electron chi connectivity index (χ1n) is 6.54. The summed E-state index contributed by atoms with van der Waals surface area (Å²) in [6.45, 7) is 1.71. The molecule has 106 valence electrons. The SMILES string of the molecule is Cc1cc(C(=O)NC2CCC(=O)CC2)cc([N+](=O)[O-])c1. The zero-order chi connectivity index (χ0) is 14.7. The summed E-state index contributed by atoms with van der Waals surface area (Å²) in [5.74, 6) is -0.0992. The fraction of sp³-hybridized carbons (Fsp3) is 0.429. The van der Waals surface area contributed by atoms with Gasteiger partial charge in [-0.1, -0.05) is 0 Å². The molecule has 0 bridgehead atoms. The van der Waals surface area contributed by atoms with Gasteiger partial charge in [-0.3, -0.25) is 19.7 Å². The van der Waals surface area contributed by atoms with Gasteiger partial charge in [-0.05, 0) is 31.4 Å². The Kier molecular flexibility index (Phi) is 4.12. The Balaban J connectivity index is 2.09. The maximum absolute atomic E-state index is 12.1. The Bertz CT molecular complexity index is 558. The fourth-order valence-corrected chi connectivity index (χ4v) is 2.35. The minimum absolute atomic E-state index is 0.0280. The van der Waals surface area contributed by atoms with Gasteiger partial charge < -0.3 is 5.32 Å². The number of hydrogen-bond donors (Lipinski definition) is 1. The number of rotatable bonds is 3. The lowest BCUT2D eigenvalue weighted by atomic mass is 9.94. The Labute approximate surface area is 116 Å². The van der Waals surface area contributed by atoms with Crippen molar-refractivity contribution in [1.29, 1.82) is 0 Å². The van der Waals surface area contributed by atoms with Crippen LogP contribution in [0.3, 0.4) is 0 Å². The van der Waals surface area contributed by atoms with Crippen molar-refractivity contribution in [3.05, 3.63) is 39.4 Å². The van der Waals surface area contributed by atoms with Crippen molar-refractivity contribution in [2.75, 3.05) is 0 Å². The average molecular weight is 276 g/mol. The zero-order valence-corrected chi connectivity index (χ0v) is 11.2. The number of benzene rings is 1. The van der Waals surface area contributed by atoms with Crippen molar-refractivity contribution in [3.8, 4) is 0 Å². The number of non-ortho nitro benzene ring substituents is 1. The van der Waals surface area contributed by atoms with Crippen molar-refractivity contribution in [2.24, 2.45) is 0 Å². The van der Waals surface area contributed by atoms with Gasteiger partial charge in [0.25, 0.3) is 11.6 Å². The molecule has 1 aliphatic carbocycles. The molecule has 1 amide bonds. The first kappa shape index (κ1) is 14.2. The third-order valence-electron chi connectivity index (χ3n) is 3.41. The molecule has 6 nitrogen and oxygen atoms in total. The van der Waals surface area contributed by atoms with Crippen molar-refractivity contribution >= 4 is 17.4 Å². The van der Waals surface area contributed by atoms with Gasteiger partial charge in [0, 0.05) is 36.6 Å². The van der Waals surface area contributed by atoms with Gasteiger partial charge in [-0.15, -0.1) is 0 Å². The van der Waals surface area contributed by atoms with Crippen LogP contribution >= 0.6 is 0 Å². The number of nitrogens with one attached hydrogen (secondary N) is 1. The average Bonchev–Trinajstić information content (AvgIpc) is 2.40. The fourth-order valence-electron chi connectivity index (χ4n) is 2.35. The van der Waals surface area contributed by atoms with E-state index in [1.54, 1.807) is 13.0 Å². The maximum Gasteiger partial charge on any atom is 0.270 e. The molecule has 6 heteroatoms. The number of carbonyl (C=O) groups excluding carboxylic acids is 2. The third kappa shape index (κ3) is 3.40. The molecule has 0 aromatic heterocycles. The molecule has 1 saturated carbocycles. The second-order valence-corrected chi connectivity index (χ2v) is 5.10. The van der Waals surface area contributed by atoms with E-state index in [2.05, 4.69) is 5.32 Å². The van der Waals surface area contributed by atoms with Gasteiger partial charge in [-0.25, -0.2) is 0 Å². The smallest absolute Gasteiger partial charge is 0.270 e. The van der Waals surface area contributed by atoms with Crippen LogP contribution in [0, 0.1) is 17.0 Å². The first-order chi connectivity index (χ1) is 9.45. The van der Waals surface area contributed by atoms with E-state index in [1.807, 2.05) is 0 Å². The zero-order valence-electron chi connectivity index (χ0n) is 11.2. The molecule has 20 heavy (non-hydrogen) atoms. The molecule has 0 spiro atoms. The van der Waals surface area contributed by atoms with Gasteiger partial charge in [0.15, 0.2) is 0 Å². The molecule has 1 aliphatic rings. The molecule has 0 aliphatic heterocycles. The Hall–Kier alpha value is -2.24. The molecule has 2 rings (SSSR count). The topological polar surface area (TPSA) is 89.3 Å². The van der Waals surface area contributed by atoms with E-state index in [9.17, 15) is 19.7 Å². The molecule has 1 N–H and O–H groups in total. The monoisotopic (exact) mass is 276 g/mol. The molecular formula is C14H16N2O4. The van der Waals surface area contributed by atoms with Crippen LogP contribution in [0.15, 0.2) is 18.2 Å². The molecule has 0 unspecified atom stereocenters. The number of carbonyl (C=O) groups is 2. The highest BCUT2D eigenvalue weighted by Gasteiger charge is 2.21. The number of Topliss-reactive ketones (excluding diaryl/α,β-unsaturated/α-hetero) is 1. The largest absolute Gasteiger partial charge is 0.349 e. The highest BCUT2D eigenvalue weighted by atomic mass is 16.6. The minimum atomic E-state index is -0.511. The van der Waals surface area contributed by atoms with Gasteiger partial charge in [-0.2, -0.15) is 0 Å². The van der Waals surface area contributed by atoms with Gasteiger partial charge in [0.1, 0.15) is 5.78 Å². The third-order valence-corrected chi connectivity index (χ3v) is 3.41. The molecule has 0 heterocycles. The van der Waals surface area contributed by atoms with Crippen LogP contribution in [0.4, 0.5) is 5.69 Å². The van der Waals surface area contributed by atoms with Gasteiger partial charge in [0.05, 0.1) is 4.92 Å². The van der Waals surface area contributed by atoms with Crippen molar-refractivity contribution < 1.29 is 14.5 Å². The summed E-state index contributed by atoms with van der Waals surface area (Å²) in [6.07, 6.45) is 2.24. The van der Waals surface area contributed by atoms with E-state index in [0.717, 1.165) is 0 Å². The van der Waals surface area contributed by atoms with Crippen LogP contribution in [0.5, 0.6) is 0 Å². The van der Waals surface area contributed by atoms with Crippen LogP contribution in [0.25, 0.3) is 0 Å². The lowest BCUT2D eigenvalue weighted by Gasteiger charge is -2.22. The number of amides is 1. The van der Waals surface area contributed by atoms with E-state index in [1.165, 1.54) is 12.1 Å². The first-order valence-corrected chi connectivity index (χ1v) is 6.54. The Morgan fingerprint density at radius 3 is 2.55 bits per heavy atom. The molecule has 0 radical (unpaired) electrons. The van der Waals surface area contributed by atoms with Crippen LogP contribution in [0.2, 0.25) is 0 Å². The van der Waals surface area contributed by atoms with Crippen LogP contribution < -0.4 is 5.32 Å². The standard InChI is InChI=1S/C14H16N2O4/c1-9-6-10(8-12(7-9)16(19)20)14(18)15-11-2-4-13(17)5-3-11/h6-8,11H,2-5H2,1H3,(H,15,18). The van der Waals surface area contributed by atoms with E-state index in [4.69, 9.17) is 0 Å².